The zero-order chi connectivity index (χ0) is 46.0. The molecule has 6 rings (SSSR count). The van der Waals surface area contributed by atoms with Gasteiger partial charge in [-0.3, -0.25) is 15.9 Å². The third kappa shape index (κ3) is 97.5. The molecule has 0 spiro atoms. The van der Waals surface area contributed by atoms with E-state index < -0.39 is 0 Å². The van der Waals surface area contributed by atoms with Crippen molar-refractivity contribution >= 4 is 23.6 Å². The Hall–Kier alpha value is -3.79. The molecule has 64 heavy (non-hydrogen) atoms. The van der Waals surface area contributed by atoms with Crippen molar-refractivity contribution in [2.75, 3.05) is 0 Å². The van der Waals surface area contributed by atoms with E-state index in [2.05, 4.69) is 27.7 Å². The first kappa shape index (κ1) is 87.2. The zero-order valence-electron chi connectivity index (χ0n) is 42.8. The maximum atomic E-state index is 10.6. The van der Waals surface area contributed by atoms with Crippen molar-refractivity contribution in [3.63, 3.8) is 0 Å². The fourth-order valence-corrected chi connectivity index (χ4v) is 2.89. The van der Waals surface area contributed by atoms with Crippen molar-refractivity contribution in [3.8, 4) is 0 Å². The van der Waals surface area contributed by atoms with Crippen LogP contribution >= 0.6 is 0 Å². The molecule has 0 saturated heterocycles. The molecule has 4 nitrogen and oxygen atoms in total. The number of benzene rings is 6. The number of rotatable bonds is 2. The summed E-state index contributed by atoms with van der Waals surface area (Å²) in [6.07, 6.45) is 4.00. The standard InChI is InChI=1S/2C8H8O.4C6H6.C3H6O.2C3H8.C2H3O.2C2H6.3CH3.2Y/c2*1-7(9)8-5-3-2-4-6-8;4*1-2-4-6-5-3-1;1-3(2)4;2*1-3-2;1-2-3;2*1-2;;;;;/h2*2-6H,1H3;4*1-6H;1-2H3;2*3H2,1-2H3;1H3;2*1-2H3;3*1H3;;/q;;;;;;;;;-1;;;3*-1;;. The van der Waals surface area contributed by atoms with Crippen molar-refractivity contribution in [1.82, 2.24) is 0 Å². The van der Waals surface area contributed by atoms with E-state index in [1.807, 2.05) is 234 Å². The van der Waals surface area contributed by atoms with Crippen LogP contribution in [0.2, 0.25) is 0 Å². The van der Waals surface area contributed by atoms with Crippen molar-refractivity contribution < 1.29 is 84.6 Å². The summed E-state index contributed by atoms with van der Waals surface area (Å²) in [5.41, 5.74) is 1.55. The molecule has 0 heterocycles. The molecule has 0 unspecified atom stereocenters. The van der Waals surface area contributed by atoms with Crippen LogP contribution in [0.15, 0.2) is 206 Å². The Kier molecular flexibility index (Phi) is 118. The summed E-state index contributed by atoms with van der Waals surface area (Å²) in [4.78, 5) is 39.4. The number of hydrogen-bond donors (Lipinski definition) is 0. The summed E-state index contributed by atoms with van der Waals surface area (Å²) in [7, 11) is 0. The van der Waals surface area contributed by atoms with Crippen molar-refractivity contribution in [2.45, 2.75) is 103 Å². The van der Waals surface area contributed by atoms with Crippen LogP contribution < -0.4 is 0 Å². The third-order valence-electron chi connectivity index (χ3n) is 5.03. The van der Waals surface area contributed by atoms with Crippen LogP contribution in [0.25, 0.3) is 0 Å². The topological polar surface area (TPSA) is 68.3 Å². The molecule has 352 valence electrons. The van der Waals surface area contributed by atoms with Gasteiger partial charge in [-0.15, -0.1) is 0 Å². The van der Waals surface area contributed by atoms with Crippen LogP contribution in [0.4, 0.5) is 0 Å². The summed E-state index contributed by atoms with van der Waals surface area (Å²) in [5, 5.41) is 0. The van der Waals surface area contributed by atoms with Crippen LogP contribution in [-0.2, 0) is 75.0 Å². The summed E-state index contributed by atoms with van der Waals surface area (Å²) in [6.45, 7) is 24.0. The van der Waals surface area contributed by atoms with Gasteiger partial charge in [0.2, 0.25) is 0 Å². The maximum Gasteiger partial charge on any atom is 0.159 e. The number of carbonyl (C=O) groups is 3. The Morgan fingerprint density at radius 1 is 0.344 bits per heavy atom. The number of hydrogen-bond acceptors (Lipinski definition) is 4. The minimum Gasteiger partial charge on any atom is -0.542 e. The van der Waals surface area contributed by atoms with Gasteiger partial charge in [0.1, 0.15) is 5.78 Å². The molecule has 2 radical (unpaired) electrons. The molecule has 6 aromatic carbocycles. The molecule has 0 N–H and O–H groups in total. The molecule has 0 aromatic heterocycles. The Bertz CT molecular complexity index is 1280. The van der Waals surface area contributed by atoms with E-state index in [9.17, 15) is 14.4 Å². The Morgan fingerprint density at radius 2 is 0.422 bits per heavy atom. The molecule has 6 heteroatoms. The van der Waals surface area contributed by atoms with E-state index in [1.165, 1.54) is 39.9 Å². The SMILES string of the molecule is CC.CC.CC(=O)c1ccccc1.CC(=O)c1ccccc1.CC(C)=O.CCC.CCC.C[C-]=O.[CH3-].[CH3-].[CH3-].[Y].[Y].c1ccccc1.c1ccccc1.c1ccccc1.c1ccccc1. The molecule has 0 atom stereocenters. The second-order valence-electron chi connectivity index (χ2n) is 11.0. The van der Waals surface area contributed by atoms with Gasteiger partial charge in [0.15, 0.2) is 11.6 Å². The average molecular weight is 1030 g/mol. The summed E-state index contributed by atoms with van der Waals surface area (Å²) in [6, 6.07) is 66.5. The van der Waals surface area contributed by atoms with Gasteiger partial charge in [-0.05, 0) is 27.7 Å². The fourth-order valence-electron chi connectivity index (χ4n) is 2.89. The van der Waals surface area contributed by atoms with Gasteiger partial charge < -0.3 is 31.9 Å². The monoisotopic (exact) mass is 1020 g/mol. The molecule has 0 aliphatic carbocycles. The van der Waals surface area contributed by atoms with E-state index >= 15 is 0 Å². The molecule has 0 saturated carbocycles. The summed E-state index contributed by atoms with van der Waals surface area (Å²) < 4.78 is 0. The molecule has 0 aliphatic rings. The first-order chi connectivity index (χ1) is 28.6. The minimum atomic E-state index is 0. The second-order valence-corrected chi connectivity index (χ2v) is 11.0. The van der Waals surface area contributed by atoms with Gasteiger partial charge in [-0.25, -0.2) is 0 Å². The van der Waals surface area contributed by atoms with Gasteiger partial charge in [0, 0.05) is 76.5 Å². The summed E-state index contributed by atoms with van der Waals surface area (Å²) >= 11 is 0. The van der Waals surface area contributed by atoms with Crippen molar-refractivity contribution in [3.05, 3.63) is 240 Å². The van der Waals surface area contributed by atoms with E-state index in [0.717, 1.165) is 11.1 Å². The molecule has 0 aliphatic heterocycles. The van der Waals surface area contributed by atoms with E-state index in [0.29, 0.717) is 0 Å². The normalized spacial score (nSPS) is 6.89. The maximum absolute atomic E-state index is 10.6. The van der Waals surface area contributed by atoms with Crippen LogP contribution in [0, 0.1) is 22.3 Å². The van der Waals surface area contributed by atoms with Gasteiger partial charge >= 0.3 is 0 Å². The zero-order valence-corrected chi connectivity index (χ0v) is 48.5. The number of Topliss-reactive ketones (excluding diaryl/α,β-unsaturated/α-hetero) is 3. The van der Waals surface area contributed by atoms with Crippen LogP contribution in [0.3, 0.4) is 0 Å². The summed E-state index contributed by atoms with van der Waals surface area (Å²) in [5.74, 6) is 0.409. The van der Waals surface area contributed by atoms with Crippen LogP contribution in [0.5, 0.6) is 0 Å². The quantitative estimate of drug-likeness (QED) is 0.128. The Labute approximate surface area is 446 Å². The van der Waals surface area contributed by atoms with E-state index in [-0.39, 0.29) is 105 Å². The largest absolute Gasteiger partial charge is 0.542 e. The molecule has 0 fully saturated rings. The first-order valence-electron chi connectivity index (χ1n) is 20.5. The molecular weight excluding hydrogens is 938 g/mol. The number of ketones is 3. The average Bonchev–Trinajstić information content (AvgIpc) is 3.30. The van der Waals surface area contributed by atoms with Gasteiger partial charge in [0.05, 0.1) is 0 Å². The Balaban J connectivity index is -0.0000000543. The van der Waals surface area contributed by atoms with E-state index in [4.69, 9.17) is 4.79 Å². The van der Waals surface area contributed by atoms with Crippen LogP contribution in [0.1, 0.15) is 124 Å². The Morgan fingerprint density at radius 3 is 0.484 bits per heavy atom. The second kappa shape index (κ2) is 86.3. The smallest absolute Gasteiger partial charge is 0.159 e. The van der Waals surface area contributed by atoms with Crippen molar-refractivity contribution in [1.29, 1.82) is 0 Å². The van der Waals surface area contributed by atoms with Crippen LogP contribution in [-0.4, -0.2) is 23.6 Å². The third-order valence-corrected chi connectivity index (χ3v) is 5.03. The predicted octanol–water partition coefficient (Wildman–Crippen LogP) is 17.5. The molecular formula is C58H86O4Y2-4. The molecule has 0 amide bonds. The fraction of sp³-hybridized carbons (Fsp3) is 0.259. The van der Waals surface area contributed by atoms with E-state index in [1.54, 1.807) is 13.8 Å². The number of carbonyl (C=O) groups excluding carboxylic acids is 4. The molecule has 6 aromatic rings. The van der Waals surface area contributed by atoms with Gasteiger partial charge in [-0.1, -0.05) is 274 Å². The predicted molar refractivity (Wildman–Crippen MR) is 280 cm³/mol. The van der Waals surface area contributed by atoms with Gasteiger partial charge in [0.25, 0.3) is 0 Å². The minimum absolute atomic E-state index is 0. The van der Waals surface area contributed by atoms with Crippen molar-refractivity contribution in [2.24, 2.45) is 0 Å². The van der Waals surface area contributed by atoms with Gasteiger partial charge in [-0.2, -0.15) is 6.92 Å². The molecule has 0 bridgehead atoms. The first-order valence-corrected chi connectivity index (χ1v) is 20.5.